The zero-order valence-corrected chi connectivity index (χ0v) is 12.6. The van der Waals surface area contributed by atoms with Gasteiger partial charge in [-0.2, -0.15) is 14.7 Å². The van der Waals surface area contributed by atoms with Crippen molar-refractivity contribution in [3.8, 4) is 11.1 Å². The molecule has 4 heterocycles. The zero-order valence-electron chi connectivity index (χ0n) is 12.6. The Morgan fingerprint density at radius 2 is 2.30 bits per heavy atom. The normalized spacial score (nSPS) is 21.8. The summed E-state index contributed by atoms with van der Waals surface area (Å²) < 4.78 is 1.63. The summed E-state index contributed by atoms with van der Waals surface area (Å²) in [5.74, 6) is 0.690. The summed E-state index contributed by atoms with van der Waals surface area (Å²) in [6, 6.07) is 1.87. The van der Waals surface area contributed by atoms with E-state index in [0.29, 0.717) is 11.5 Å². The first-order valence-electron chi connectivity index (χ1n) is 7.75. The van der Waals surface area contributed by atoms with Gasteiger partial charge in [0.05, 0.1) is 24.7 Å². The largest absolute Gasteiger partial charge is 0.395 e. The van der Waals surface area contributed by atoms with Crippen molar-refractivity contribution in [1.29, 1.82) is 0 Å². The Kier molecular flexibility index (Phi) is 3.47. The number of H-pyrrole nitrogens is 1. The molecule has 0 amide bonds. The molecule has 23 heavy (non-hydrogen) atoms. The van der Waals surface area contributed by atoms with Crippen molar-refractivity contribution in [3.05, 3.63) is 30.4 Å². The molecule has 0 aromatic carbocycles. The van der Waals surface area contributed by atoms with Crippen LogP contribution >= 0.6 is 0 Å². The van der Waals surface area contributed by atoms with Crippen LogP contribution < -0.4 is 11.1 Å². The van der Waals surface area contributed by atoms with Crippen LogP contribution in [0.2, 0.25) is 0 Å². The van der Waals surface area contributed by atoms with Crippen molar-refractivity contribution in [2.45, 2.75) is 24.8 Å². The van der Waals surface area contributed by atoms with Crippen LogP contribution in [0.15, 0.2) is 24.7 Å². The molecular formula is C15H19N7O. The SMILES string of the molecule is Nc1cc(C2CCCNC2CO)nc2c(-c3cn[nH]c3)cnn12. The molecule has 0 aliphatic carbocycles. The number of nitrogens with one attached hydrogen (secondary N) is 2. The Labute approximate surface area is 132 Å². The van der Waals surface area contributed by atoms with Crippen LogP contribution in [0.25, 0.3) is 16.8 Å². The molecule has 5 N–H and O–H groups in total. The molecule has 1 aliphatic rings. The minimum atomic E-state index is 0.0124. The molecule has 0 bridgehead atoms. The number of aliphatic hydroxyl groups is 1. The number of hydrogen-bond acceptors (Lipinski definition) is 6. The quantitative estimate of drug-likeness (QED) is 0.560. The molecule has 3 aromatic heterocycles. The van der Waals surface area contributed by atoms with Gasteiger partial charge in [-0.05, 0) is 19.4 Å². The van der Waals surface area contributed by atoms with E-state index in [2.05, 4.69) is 20.6 Å². The number of nitrogens with two attached hydrogens (primary N) is 1. The van der Waals surface area contributed by atoms with Crippen molar-refractivity contribution in [3.63, 3.8) is 0 Å². The molecule has 120 valence electrons. The van der Waals surface area contributed by atoms with Crippen LogP contribution in [0, 0.1) is 0 Å². The lowest BCUT2D eigenvalue weighted by Crippen LogP contribution is -2.42. The summed E-state index contributed by atoms with van der Waals surface area (Å²) >= 11 is 0. The summed E-state index contributed by atoms with van der Waals surface area (Å²) in [4.78, 5) is 4.80. The minimum Gasteiger partial charge on any atom is -0.395 e. The summed E-state index contributed by atoms with van der Waals surface area (Å²) in [5.41, 5.74) is 9.58. The highest BCUT2D eigenvalue weighted by Gasteiger charge is 2.28. The van der Waals surface area contributed by atoms with Gasteiger partial charge in [0.1, 0.15) is 5.82 Å². The molecule has 0 radical (unpaired) electrons. The standard InChI is InChI=1S/C15H19N7O/c16-14-4-12(10-2-1-3-17-13(10)8-23)21-15-11(7-20-22(14)15)9-5-18-19-6-9/h4-7,10,13,17,23H,1-3,8,16H2,(H,18,19). The van der Waals surface area contributed by atoms with Gasteiger partial charge in [-0.25, -0.2) is 4.98 Å². The lowest BCUT2D eigenvalue weighted by atomic mass is 9.88. The fraction of sp³-hybridized carbons (Fsp3) is 0.400. The van der Waals surface area contributed by atoms with Crippen molar-refractivity contribution in [2.24, 2.45) is 0 Å². The van der Waals surface area contributed by atoms with Crippen molar-refractivity contribution in [2.75, 3.05) is 18.9 Å². The predicted octanol–water partition coefficient (Wildman–Crippen LogP) is 0.529. The first-order chi connectivity index (χ1) is 11.3. The van der Waals surface area contributed by atoms with Crippen molar-refractivity contribution in [1.82, 2.24) is 30.1 Å². The topological polar surface area (TPSA) is 117 Å². The fourth-order valence-electron chi connectivity index (χ4n) is 3.30. The molecule has 8 heteroatoms. The Hall–Kier alpha value is -2.45. The van der Waals surface area contributed by atoms with E-state index in [4.69, 9.17) is 10.7 Å². The van der Waals surface area contributed by atoms with Crippen LogP contribution in [0.5, 0.6) is 0 Å². The lowest BCUT2D eigenvalue weighted by molar-refractivity contribution is 0.200. The highest BCUT2D eigenvalue weighted by Crippen LogP contribution is 2.30. The van der Waals surface area contributed by atoms with E-state index in [9.17, 15) is 5.11 Å². The maximum Gasteiger partial charge on any atom is 0.165 e. The third kappa shape index (κ3) is 2.36. The summed E-state index contributed by atoms with van der Waals surface area (Å²) in [7, 11) is 0. The van der Waals surface area contributed by atoms with Crippen molar-refractivity contribution < 1.29 is 5.11 Å². The molecule has 1 fully saturated rings. The summed E-state index contributed by atoms with van der Waals surface area (Å²) in [6.45, 7) is 1.01. The van der Waals surface area contributed by atoms with E-state index in [1.807, 2.05) is 6.07 Å². The molecule has 0 spiro atoms. The second kappa shape index (κ2) is 5.64. The second-order valence-corrected chi connectivity index (χ2v) is 5.88. The van der Waals surface area contributed by atoms with Crippen LogP contribution in [0.4, 0.5) is 5.82 Å². The highest BCUT2D eigenvalue weighted by molar-refractivity contribution is 5.77. The number of fused-ring (bicyclic) bond motifs is 1. The second-order valence-electron chi connectivity index (χ2n) is 5.88. The average molecular weight is 313 g/mol. The number of aromatic nitrogens is 5. The molecular weight excluding hydrogens is 294 g/mol. The van der Waals surface area contributed by atoms with Gasteiger partial charge in [-0.3, -0.25) is 5.10 Å². The van der Waals surface area contributed by atoms with Gasteiger partial charge >= 0.3 is 0 Å². The summed E-state index contributed by atoms with van der Waals surface area (Å²) in [5, 5.41) is 24.1. The molecule has 0 saturated carbocycles. The smallest absolute Gasteiger partial charge is 0.165 e. The van der Waals surface area contributed by atoms with E-state index in [1.54, 1.807) is 23.1 Å². The first-order valence-corrected chi connectivity index (χ1v) is 7.75. The number of piperidine rings is 1. The molecule has 8 nitrogen and oxygen atoms in total. The average Bonchev–Trinajstić information content (AvgIpc) is 3.23. The Bertz CT molecular complexity index is 811. The predicted molar refractivity (Wildman–Crippen MR) is 85.8 cm³/mol. The van der Waals surface area contributed by atoms with Gasteiger partial charge in [0.25, 0.3) is 0 Å². The third-order valence-corrected chi connectivity index (χ3v) is 4.49. The maximum atomic E-state index is 9.62. The van der Waals surface area contributed by atoms with E-state index in [0.717, 1.165) is 36.2 Å². The maximum absolute atomic E-state index is 9.62. The zero-order chi connectivity index (χ0) is 15.8. The molecule has 2 unspecified atom stereocenters. The van der Waals surface area contributed by atoms with Gasteiger partial charge < -0.3 is 16.2 Å². The van der Waals surface area contributed by atoms with Gasteiger partial charge in [-0.15, -0.1) is 0 Å². The Morgan fingerprint density at radius 1 is 1.39 bits per heavy atom. The molecule has 1 aliphatic heterocycles. The van der Waals surface area contributed by atoms with Gasteiger partial charge in [0.2, 0.25) is 0 Å². The van der Waals surface area contributed by atoms with Crippen LogP contribution in [-0.4, -0.2) is 49.1 Å². The van der Waals surface area contributed by atoms with E-state index >= 15 is 0 Å². The lowest BCUT2D eigenvalue weighted by Gasteiger charge is -2.31. The number of aliphatic hydroxyl groups excluding tert-OH is 1. The van der Waals surface area contributed by atoms with E-state index in [1.165, 1.54) is 0 Å². The number of nitrogen functional groups attached to an aromatic ring is 1. The van der Waals surface area contributed by atoms with Crippen LogP contribution in [0.3, 0.4) is 0 Å². The van der Waals surface area contributed by atoms with Crippen LogP contribution in [0.1, 0.15) is 24.5 Å². The number of rotatable bonds is 3. The first kappa shape index (κ1) is 14.2. The Balaban J connectivity index is 1.83. The number of anilines is 1. The number of nitrogens with zero attached hydrogens (tertiary/aromatic N) is 4. The van der Waals surface area contributed by atoms with Crippen molar-refractivity contribution >= 4 is 11.5 Å². The van der Waals surface area contributed by atoms with Crippen LogP contribution in [-0.2, 0) is 0 Å². The highest BCUT2D eigenvalue weighted by atomic mass is 16.3. The van der Waals surface area contributed by atoms with Gasteiger partial charge in [-0.1, -0.05) is 0 Å². The molecule has 4 rings (SSSR count). The molecule has 3 aromatic rings. The van der Waals surface area contributed by atoms with Gasteiger partial charge in [0, 0.05) is 35.3 Å². The van der Waals surface area contributed by atoms with Gasteiger partial charge in [0.15, 0.2) is 5.65 Å². The molecule has 2 atom stereocenters. The molecule has 1 saturated heterocycles. The van der Waals surface area contributed by atoms with E-state index in [-0.39, 0.29) is 18.6 Å². The minimum absolute atomic E-state index is 0.0124. The number of aromatic amines is 1. The monoisotopic (exact) mass is 313 g/mol. The Morgan fingerprint density at radius 3 is 3.09 bits per heavy atom. The van der Waals surface area contributed by atoms with E-state index < -0.39 is 0 Å². The third-order valence-electron chi connectivity index (χ3n) is 4.49. The fourth-order valence-corrected chi connectivity index (χ4v) is 3.30. The number of hydrogen-bond donors (Lipinski definition) is 4. The summed E-state index contributed by atoms with van der Waals surface area (Å²) in [6.07, 6.45) is 7.33.